The second-order valence-electron chi connectivity index (χ2n) is 6.31. The van der Waals surface area contributed by atoms with Crippen LogP contribution in [0, 0.1) is 0 Å². The summed E-state index contributed by atoms with van der Waals surface area (Å²) in [6.45, 7) is 3.26. The molecule has 0 atom stereocenters. The van der Waals surface area contributed by atoms with Crippen molar-refractivity contribution in [1.82, 2.24) is 9.80 Å². The summed E-state index contributed by atoms with van der Waals surface area (Å²) in [6, 6.07) is 4.97. The molecule has 0 unspecified atom stereocenters. The van der Waals surface area contributed by atoms with E-state index in [9.17, 15) is 13.2 Å². The Kier molecular flexibility index (Phi) is 5.05. The predicted molar refractivity (Wildman–Crippen MR) is 93.4 cm³/mol. The first-order valence-corrected chi connectivity index (χ1v) is 10.0. The van der Waals surface area contributed by atoms with Gasteiger partial charge in [0.2, 0.25) is 22.7 Å². The molecule has 1 amide bonds. The summed E-state index contributed by atoms with van der Waals surface area (Å²) in [5.41, 5.74) is 0.470. The highest BCUT2D eigenvalue weighted by atomic mass is 32.2. The topological polar surface area (TPSA) is 79.4 Å². The molecule has 2 aliphatic heterocycles. The van der Waals surface area contributed by atoms with Crippen LogP contribution in [0.1, 0.15) is 6.42 Å². The molecule has 0 saturated carbocycles. The largest absolute Gasteiger partial charge is 0.454 e. The number of hydrogen-bond acceptors (Lipinski definition) is 6. The average molecular weight is 369 g/mol. The maximum Gasteiger partial charge on any atom is 0.232 e. The molecule has 1 fully saturated rings. The van der Waals surface area contributed by atoms with Gasteiger partial charge in [-0.2, -0.15) is 0 Å². The minimum Gasteiger partial charge on any atom is -0.454 e. The number of likely N-dealkylation sites (N-methyl/N-ethyl adjacent to an activating group) is 1. The van der Waals surface area contributed by atoms with Crippen molar-refractivity contribution in [2.24, 2.45) is 0 Å². The maximum absolute atomic E-state index is 12.4. The van der Waals surface area contributed by atoms with Crippen LogP contribution < -0.4 is 13.8 Å². The third kappa shape index (κ3) is 4.16. The zero-order valence-corrected chi connectivity index (χ0v) is 15.3. The number of fused-ring (bicyclic) bond motifs is 1. The van der Waals surface area contributed by atoms with E-state index in [1.165, 1.54) is 4.31 Å². The van der Waals surface area contributed by atoms with Crippen molar-refractivity contribution >= 4 is 21.6 Å². The Morgan fingerprint density at radius 3 is 2.52 bits per heavy atom. The third-order valence-electron chi connectivity index (χ3n) is 4.43. The number of carbonyl (C=O) groups is 1. The van der Waals surface area contributed by atoms with Crippen LogP contribution in [0.25, 0.3) is 0 Å². The molecule has 0 aromatic heterocycles. The molecule has 0 aliphatic carbocycles. The molecule has 1 aromatic rings. The standard InChI is InChI=1S/C16H23N3O5S/c1-17-7-9-18(10-8-17)16(20)5-6-19(25(2,21)22)13-3-4-14-15(11-13)24-12-23-14/h3-4,11H,5-10,12H2,1-2H3. The van der Waals surface area contributed by atoms with Crippen molar-refractivity contribution in [3.8, 4) is 11.5 Å². The van der Waals surface area contributed by atoms with E-state index in [1.807, 2.05) is 7.05 Å². The van der Waals surface area contributed by atoms with E-state index in [0.29, 0.717) is 30.3 Å². The number of rotatable bonds is 5. The van der Waals surface area contributed by atoms with Crippen molar-refractivity contribution in [3.05, 3.63) is 18.2 Å². The summed E-state index contributed by atoms with van der Waals surface area (Å²) in [5.74, 6) is 1.07. The van der Waals surface area contributed by atoms with Gasteiger partial charge in [0.25, 0.3) is 0 Å². The zero-order chi connectivity index (χ0) is 18.0. The van der Waals surface area contributed by atoms with Gasteiger partial charge in [0, 0.05) is 45.2 Å². The van der Waals surface area contributed by atoms with Crippen molar-refractivity contribution < 1.29 is 22.7 Å². The second kappa shape index (κ2) is 7.09. The highest BCUT2D eigenvalue weighted by molar-refractivity contribution is 7.92. The number of anilines is 1. The second-order valence-corrected chi connectivity index (χ2v) is 8.21. The summed E-state index contributed by atoms with van der Waals surface area (Å²) in [5, 5.41) is 0. The van der Waals surface area contributed by atoms with E-state index < -0.39 is 10.0 Å². The molecule has 1 saturated heterocycles. The molecule has 8 nitrogen and oxygen atoms in total. The maximum atomic E-state index is 12.4. The van der Waals surface area contributed by atoms with Gasteiger partial charge in [0.15, 0.2) is 11.5 Å². The number of carbonyl (C=O) groups excluding carboxylic acids is 1. The molecule has 0 N–H and O–H groups in total. The third-order valence-corrected chi connectivity index (χ3v) is 5.62. The molecular weight excluding hydrogens is 346 g/mol. The lowest BCUT2D eigenvalue weighted by Crippen LogP contribution is -2.48. The van der Waals surface area contributed by atoms with Gasteiger partial charge in [-0.1, -0.05) is 0 Å². The monoisotopic (exact) mass is 369 g/mol. The lowest BCUT2D eigenvalue weighted by molar-refractivity contribution is -0.132. The lowest BCUT2D eigenvalue weighted by atomic mass is 10.2. The molecular formula is C16H23N3O5S. The Morgan fingerprint density at radius 2 is 1.84 bits per heavy atom. The first-order chi connectivity index (χ1) is 11.8. The fourth-order valence-corrected chi connectivity index (χ4v) is 3.86. The highest BCUT2D eigenvalue weighted by Gasteiger charge is 2.24. The van der Waals surface area contributed by atoms with Crippen LogP contribution in [0.4, 0.5) is 5.69 Å². The number of hydrogen-bond donors (Lipinski definition) is 0. The van der Waals surface area contributed by atoms with Gasteiger partial charge in [0.1, 0.15) is 0 Å². The number of sulfonamides is 1. The van der Waals surface area contributed by atoms with E-state index in [4.69, 9.17) is 9.47 Å². The van der Waals surface area contributed by atoms with Gasteiger partial charge in [0.05, 0.1) is 11.9 Å². The normalized spacial score (nSPS) is 17.6. The summed E-state index contributed by atoms with van der Waals surface area (Å²) in [6.07, 6.45) is 1.28. The van der Waals surface area contributed by atoms with Gasteiger partial charge in [-0.25, -0.2) is 8.42 Å². The van der Waals surface area contributed by atoms with E-state index >= 15 is 0 Å². The number of ether oxygens (including phenoxy) is 2. The molecule has 138 valence electrons. The molecule has 9 heteroatoms. The van der Waals surface area contributed by atoms with Gasteiger partial charge >= 0.3 is 0 Å². The summed E-state index contributed by atoms with van der Waals surface area (Å²) in [4.78, 5) is 16.4. The summed E-state index contributed by atoms with van der Waals surface area (Å²) in [7, 11) is -1.49. The minimum absolute atomic E-state index is 0.0255. The molecule has 3 rings (SSSR count). The van der Waals surface area contributed by atoms with E-state index in [1.54, 1.807) is 23.1 Å². The van der Waals surface area contributed by atoms with Gasteiger partial charge in [-0.15, -0.1) is 0 Å². The quantitative estimate of drug-likeness (QED) is 0.745. The van der Waals surface area contributed by atoms with E-state index in [0.717, 1.165) is 19.3 Å². The number of amides is 1. The molecule has 0 spiro atoms. The van der Waals surface area contributed by atoms with Crippen molar-refractivity contribution in [3.63, 3.8) is 0 Å². The minimum atomic E-state index is -3.51. The van der Waals surface area contributed by atoms with Crippen LogP contribution in [0.3, 0.4) is 0 Å². The first-order valence-electron chi connectivity index (χ1n) is 8.18. The molecule has 0 bridgehead atoms. The molecule has 0 radical (unpaired) electrons. The summed E-state index contributed by atoms with van der Waals surface area (Å²) >= 11 is 0. The van der Waals surface area contributed by atoms with Gasteiger partial charge < -0.3 is 19.3 Å². The summed E-state index contributed by atoms with van der Waals surface area (Å²) < 4.78 is 36.2. The van der Waals surface area contributed by atoms with Crippen LogP contribution in [0.15, 0.2) is 18.2 Å². The molecule has 2 heterocycles. The number of benzene rings is 1. The highest BCUT2D eigenvalue weighted by Crippen LogP contribution is 2.36. The van der Waals surface area contributed by atoms with Crippen molar-refractivity contribution in [2.75, 3.05) is 57.1 Å². The molecule has 1 aromatic carbocycles. The Bertz CT molecular complexity index is 744. The predicted octanol–water partition coefficient (Wildman–Crippen LogP) is 0.345. The first kappa shape index (κ1) is 17.8. The van der Waals surface area contributed by atoms with Crippen LogP contribution >= 0.6 is 0 Å². The Balaban J connectivity index is 1.69. The smallest absolute Gasteiger partial charge is 0.232 e. The zero-order valence-electron chi connectivity index (χ0n) is 14.5. The van der Waals surface area contributed by atoms with Crippen LogP contribution in [0.5, 0.6) is 11.5 Å². The van der Waals surface area contributed by atoms with Crippen molar-refractivity contribution in [2.45, 2.75) is 6.42 Å². The van der Waals surface area contributed by atoms with Crippen LogP contribution in [-0.2, 0) is 14.8 Å². The van der Waals surface area contributed by atoms with Crippen LogP contribution in [-0.4, -0.2) is 76.9 Å². The Labute approximate surface area is 147 Å². The van der Waals surface area contributed by atoms with Crippen molar-refractivity contribution in [1.29, 1.82) is 0 Å². The molecule has 2 aliphatic rings. The van der Waals surface area contributed by atoms with Gasteiger partial charge in [-0.3, -0.25) is 9.10 Å². The van der Waals surface area contributed by atoms with E-state index in [2.05, 4.69) is 4.90 Å². The van der Waals surface area contributed by atoms with Gasteiger partial charge in [-0.05, 0) is 19.2 Å². The van der Waals surface area contributed by atoms with Crippen LogP contribution in [0.2, 0.25) is 0 Å². The average Bonchev–Trinajstić information content (AvgIpc) is 3.02. The SMILES string of the molecule is CN1CCN(C(=O)CCN(c2ccc3c(c2)OCO3)S(C)(=O)=O)CC1. The van der Waals surface area contributed by atoms with E-state index in [-0.39, 0.29) is 25.7 Å². The lowest BCUT2D eigenvalue weighted by Gasteiger charge is -2.33. The molecule has 25 heavy (non-hydrogen) atoms. The Morgan fingerprint density at radius 1 is 1.16 bits per heavy atom. The Hall–Kier alpha value is -2.00. The number of nitrogens with zero attached hydrogens (tertiary/aromatic N) is 3. The fourth-order valence-electron chi connectivity index (χ4n) is 2.94. The fraction of sp³-hybridized carbons (Fsp3) is 0.562. The number of piperazine rings is 1.